The fourth-order valence-corrected chi connectivity index (χ4v) is 4.14. The molecule has 1 aliphatic rings. The van der Waals surface area contributed by atoms with Crippen molar-refractivity contribution in [3.05, 3.63) is 48.0 Å². The van der Waals surface area contributed by atoms with Crippen molar-refractivity contribution in [3.63, 3.8) is 0 Å². The summed E-state index contributed by atoms with van der Waals surface area (Å²) in [6.45, 7) is 1.46. The van der Waals surface area contributed by atoms with E-state index >= 15 is 0 Å². The molecule has 2 aromatic heterocycles. The van der Waals surface area contributed by atoms with Crippen LogP contribution in [0.4, 0.5) is 0 Å². The van der Waals surface area contributed by atoms with Gasteiger partial charge >= 0.3 is 11.8 Å². The number of aromatic amines is 1. The maximum atomic E-state index is 12.6. The van der Waals surface area contributed by atoms with Crippen molar-refractivity contribution < 1.29 is 22.4 Å². The third-order valence-electron chi connectivity index (χ3n) is 4.82. The van der Waals surface area contributed by atoms with E-state index in [4.69, 9.17) is 9.15 Å². The number of rotatable bonds is 7. The molecule has 30 heavy (non-hydrogen) atoms. The molecular weight excluding hydrogens is 410 g/mol. The first kappa shape index (κ1) is 20.1. The van der Waals surface area contributed by atoms with Gasteiger partial charge in [0.1, 0.15) is 16.3 Å². The molecule has 11 heteroatoms. The molecule has 0 radical (unpaired) electrons. The van der Waals surface area contributed by atoms with Crippen molar-refractivity contribution in [1.82, 2.24) is 24.8 Å². The molecule has 0 saturated carbocycles. The van der Waals surface area contributed by atoms with Gasteiger partial charge in [0, 0.05) is 25.8 Å². The van der Waals surface area contributed by atoms with Gasteiger partial charge < -0.3 is 19.0 Å². The van der Waals surface area contributed by atoms with E-state index in [0.29, 0.717) is 24.5 Å². The number of carbonyl (C=O) groups is 1. The second-order valence-corrected chi connectivity index (χ2v) is 8.60. The van der Waals surface area contributed by atoms with Crippen LogP contribution in [0.2, 0.25) is 0 Å². The van der Waals surface area contributed by atoms with E-state index in [2.05, 4.69) is 19.9 Å². The molecule has 0 bridgehead atoms. The Morgan fingerprint density at radius 3 is 2.67 bits per heavy atom. The van der Waals surface area contributed by atoms with Crippen molar-refractivity contribution >= 4 is 15.9 Å². The number of nitrogens with zero attached hydrogens (tertiary/aromatic N) is 3. The van der Waals surface area contributed by atoms with Gasteiger partial charge in [-0.1, -0.05) is 12.1 Å². The number of hydrogen-bond acceptors (Lipinski definition) is 7. The van der Waals surface area contributed by atoms with Crippen LogP contribution in [0.5, 0.6) is 5.75 Å². The molecule has 1 fully saturated rings. The predicted molar refractivity (Wildman–Crippen MR) is 106 cm³/mol. The lowest BCUT2D eigenvalue weighted by atomic mass is 10.2. The normalized spacial score (nSPS) is 14.2. The van der Waals surface area contributed by atoms with Crippen molar-refractivity contribution in [2.45, 2.75) is 24.3 Å². The number of carbonyl (C=O) groups excluding carboxylic acids is 1. The molecule has 4 rings (SSSR count). The first-order chi connectivity index (χ1) is 14.5. The average Bonchev–Trinajstić information content (AvgIpc) is 3.53. The molecule has 1 amide bonds. The smallest absolute Gasteiger partial charge is 0.311 e. The number of nitrogens with one attached hydrogen (secondary N) is 2. The summed E-state index contributed by atoms with van der Waals surface area (Å²) < 4.78 is 38.2. The molecule has 3 aromatic rings. The van der Waals surface area contributed by atoms with Crippen LogP contribution in [-0.2, 0) is 16.6 Å². The SMILES string of the molecule is COc1ccc(CNS(=O)(=O)c2c[nH]c(-c3nnc(C(=O)N4CCCC4)o3)c2)cc1. The van der Waals surface area contributed by atoms with Crippen LogP contribution >= 0.6 is 0 Å². The van der Waals surface area contributed by atoms with Crippen molar-refractivity contribution in [2.75, 3.05) is 20.2 Å². The topological polar surface area (TPSA) is 130 Å². The third-order valence-corrected chi connectivity index (χ3v) is 6.20. The van der Waals surface area contributed by atoms with Gasteiger partial charge in [0.05, 0.1) is 7.11 Å². The van der Waals surface area contributed by atoms with Gasteiger partial charge in [-0.25, -0.2) is 13.1 Å². The van der Waals surface area contributed by atoms with Crippen LogP contribution in [0.1, 0.15) is 29.1 Å². The predicted octanol–water partition coefficient (Wildman–Crippen LogP) is 1.79. The van der Waals surface area contributed by atoms with Gasteiger partial charge in [-0.3, -0.25) is 4.79 Å². The molecule has 10 nitrogen and oxygen atoms in total. The van der Waals surface area contributed by atoms with E-state index < -0.39 is 10.0 Å². The van der Waals surface area contributed by atoms with Crippen LogP contribution in [0, 0.1) is 0 Å². The fraction of sp³-hybridized carbons (Fsp3) is 0.316. The number of methoxy groups -OCH3 is 1. The third kappa shape index (κ3) is 4.21. The Balaban J connectivity index is 1.44. The number of H-pyrrole nitrogens is 1. The standard InChI is InChI=1S/C19H21N5O5S/c1-28-14-6-4-13(5-7-14)11-21-30(26,27)15-10-16(20-12-15)17-22-23-18(29-17)19(25)24-8-2-3-9-24/h4-7,10,12,20-21H,2-3,8-9,11H2,1H3. The number of sulfonamides is 1. The first-order valence-electron chi connectivity index (χ1n) is 9.40. The molecule has 2 N–H and O–H groups in total. The van der Waals surface area contributed by atoms with Gasteiger partial charge in [-0.2, -0.15) is 0 Å². The monoisotopic (exact) mass is 431 g/mol. The quantitative estimate of drug-likeness (QED) is 0.583. The number of benzene rings is 1. The Kier molecular flexibility index (Phi) is 5.55. The highest BCUT2D eigenvalue weighted by atomic mass is 32.2. The molecule has 1 saturated heterocycles. The zero-order valence-electron chi connectivity index (χ0n) is 16.3. The van der Waals surface area contributed by atoms with E-state index in [1.807, 2.05) is 0 Å². The number of amides is 1. The van der Waals surface area contributed by atoms with Gasteiger partial charge in [0.15, 0.2) is 0 Å². The Labute approximate surface area is 173 Å². The summed E-state index contributed by atoms with van der Waals surface area (Å²) in [4.78, 5) is 16.8. The molecule has 3 heterocycles. The molecular formula is C19H21N5O5S. The summed E-state index contributed by atoms with van der Waals surface area (Å²) in [5.41, 5.74) is 1.10. The second-order valence-electron chi connectivity index (χ2n) is 6.83. The van der Waals surface area contributed by atoms with E-state index in [9.17, 15) is 13.2 Å². The zero-order valence-corrected chi connectivity index (χ0v) is 17.1. The van der Waals surface area contributed by atoms with Crippen molar-refractivity contribution in [1.29, 1.82) is 0 Å². The van der Waals surface area contributed by atoms with E-state index in [0.717, 1.165) is 18.4 Å². The molecule has 158 valence electrons. The number of likely N-dealkylation sites (tertiary alicyclic amines) is 1. The lowest BCUT2D eigenvalue weighted by molar-refractivity contribution is 0.0754. The van der Waals surface area contributed by atoms with Gasteiger partial charge in [-0.05, 0) is 36.6 Å². The zero-order chi connectivity index (χ0) is 21.1. The van der Waals surface area contributed by atoms with Gasteiger partial charge in [0.25, 0.3) is 5.89 Å². The summed E-state index contributed by atoms with van der Waals surface area (Å²) in [6, 6.07) is 8.46. The van der Waals surface area contributed by atoms with E-state index in [1.165, 1.54) is 12.3 Å². The Hall–Kier alpha value is -3.18. The fourth-order valence-electron chi connectivity index (χ4n) is 3.13. The second kappa shape index (κ2) is 8.28. The van der Waals surface area contributed by atoms with E-state index in [1.54, 1.807) is 36.3 Å². The largest absolute Gasteiger partial charge is 0.497 e. The van der Waals surface area contributed by atoms with Gasteiger partial charge in [0.2, 0.25) is 10.0 Å². The van der Waals surface area contributed by atoms with Gasteiger partial charge in [-0.15, -0.1) is 10.2 Å². The van der Waals surface area contributed by atoms with Crippen molar-refractivity contribution in [2.24, 2.45) is 0 Å². The maximum absolute atomic E-state index is 12.6. The minimum Gasteiger partial charge on any atom is -0.497 e. The first-order valence-corrected chi connectivity index (χ1v) is 10.9. The molecule has 0 atom stereocenters. The van der Waals surface area contributed by atoms with Crippen LogP contribution in [0.15, 0.2) is 45.8 Å². The summed E-state index contributed by atoms with van der Waals surface area (Å²) in [7, 11) is -2.20. The molecule has 1 aromatic carbocycles. The minimum absolute atomic E-state index is 0.0247. The highest BCUT2D eigenvalue weighted by molar-refractivity contribution is 7.89. The number of aromatic nitrogens is 3. The summed E-state index contributed by atoms with van der Waals surface area (Å²) in [6.07, 6.45) is 3.24. The Bertz CT molecular complexity index is 1130. The van der Waals surface area contributed by atoms with E-state index in [-0.39, 0.29) is 29.1 Å². The molecule has 0 unspecified atom stereocenters. The van der Waals surface area contributed by atoms with Crippen LogP contribution < -0.4 is 9.46 Å². The number of ether oxygens (including phenoxy) is 1. The lowest BCUT2D eigenvalue weighted by Crippen LogP contribution is -2.27. The van der Waals surface area contributed by atoms with Crippen molar-refractivity contribution in [3.8, 4) is 17.3 Å². The Morgan fingerprint density at radius 1 is 1.23 bits per heavy atom. The van der Waals surface area contributed by atoms with Crippen LogP contribution in [0.25, 0.3) is 11.6 Å². The highest BCUT2D eigenvalue weighted by Gasteiger charge is 2.25. The molecule has 0 aliphatic carbocycles. The number of hydrogen-bond donors (Lipinski definition) is 2. The minimum atomic E-state index is -3.76. The van der Waals surface area contributed by atoms with Crippen LogP contribution in [0.3, 0.4) is 0 Å². The average molecular weight is 431 g/mol. The molecule has 1 aliphatic heterocycles. The summed E-state index contributed by atoms with van der Waals surface area (Å²) >= 11 is 0. The Morgan fingerprint density at radius 2 is 1.97 bits per heavy atom. The summed E-state index contributed by atoms with van der Waals surface area (Å²) in [5, 5.41) is 7.66. The maximum Gasteiger partial charge on any atom is 0.311 e. The summed E-state index contributed by atoms with van der Waals surface area (Å²) in [5.74, 6) is 0.323. The highest BCUT2D eigenvalue weighted by Crippen LogP contribution is 2.22. The van der Waals surface area contributed by atoms with Crippen LogP contribution in [-0.4, -0.2) is 54.6 Å². The lowest BCUT2D eigenvalue weighted by Gasteiger charge is -2.11. The molecule has 0 spiro atoms.